The fourth-order valence-electron chi connectivity index (χ4n) is 13.2. The van der Waals surface area contributed by atoms with Crippen molar-refractivity contribution >= 4 is 29.7 Å². The molecular formula is C42H61O16+. The molecule has 8 N–H and O–H groups in total. The molecule has 7 aliphatic rings. The lowest BCUT2D eigenvalue weighted by molar-refractivity contribution is -0.535. The number of carbonyl (C=O) groups is 4. The number of ether oxygens (including phenoxy) is 3. The van der Waals surface area contributed by atoms with Gasteiger partial charge in [-0.3, -0.25) is 9.59 Å². The number of rotatable bonds is 6. The number of carboxylic acid groups (broad SMARTS) is 3. The Balaban J connectivity index is 1.14. The fraction of sp³-hybridized carbons (Fsp3) is 0.833. The zero-order valence-corrected chi connectivity index (χ0v) is 34.3. The minimum atomic E-state index is -2.06. The van der Waals surface area contributed by atoms with E-state index in [4.69, 9.17) is 18.6 Å². The second kappa shape index (κ2) is 14.0. The van der Waals surface area contributed by atoms with Crippen molar-refractivity contribution in [2.45, 2.75) is 167 Å². The highest BCUT2D eigenvalue weighted by molar-refractivity contribution is 5.95. The second-order valence-corrected chi connectivity index (χ2v) is 20.5. The number of aliphatic hydroxyl groups excluding tert-OH is 5. The largest absolute Gasteiger partial charge is 0.519 e. The molecule has 58 heavy (non-hydrogen) atoms. The van der Waals surface area contributed by atoms with Crippen LogP contribution in [-0.4, -0.2) is 132 Å². The lowest BCUT2D eigenvalue weighted by Gasteiger charge is -2.70. The molecule has 324 valence electrons. The first-order chi connectivity index (χ1) is 26.8. The number of fused-ring (bicyclic) bond motifs is 7. The number of aliphatic carboxylic acids is 3. The number of hydrogen-bond acceptors (Lipinski definition) is 12. The number of carbonyl (C=O) groups excluding carboxylic acids is 2. The van der Waals surface area contributed by atoms with Crippen LogP contribution >= 0.6 is 0 Å². The molecular weight excluding hydrogens is 760 g/mol. The Kier molecular flexibility index (Phi) is 10.4. The summed E-state index contributed by atoms with van der Waals surface area (Å²) >= 11 is 0. The van der Waals surface area contributed by atoms with Crippen molar-refractivity contribution in [3.8, 4) is 0 Å². The summed E-state index contributed by atoms with van der Waals surface area (Å²) in [4.78, 5) is 51.4. The molecule has 1 saturated heterocycles. The number of carboxylic acids is 3. The quantitative estimate of drug-likeness (QED) is 0.141. The van der Waals surface area contributed by atoms with E-state index in [1.807, 2.05) is 26.8 Å². The Labute approximate surface area is 337 Å². The number of esters is 1. The van der Waals surface area contributed by atoms with E-state index in [1.54, 1.807) is 0 Å². The highest BCUT2D eigenvalue weighted by atomic mass is 16.7. The van der Waals surface area contributed by atoms with Crippen LogP contribution in [0.15, 0.2) is 11.6 Å². The van der Waals surface area contributed by atoms with Gasteiger partial charge in [0.25, 0.3) is 0 Å². The van der Waals surface area contributed by atoms with E-state index in [-0.39, 0.29) is 34.4 Å². The van der Waals surface area contributed by atoms with Crippen molar-refractivity contribution in [1.29, 1.82) is 0 Å². The second-order valence-electron chi connectivity index (χ2n) is 20.5. The van der Waals surface area contributed by atoms with E-state index in [0.717, 1.165) is 37.7 Å². The molecule has 0 aromatic rings. The molecule has 16 heteroatoms. The Morgan fingerprint density at radius 1 is 0.793 bits per heavy atom. The Hall–Kier alpha value is -2.99. The minimum absolute atomic E-state index is 0.00994. The molecule has 4 saturated carbocycles. The van der Waals surface area contributed by atoms with Crippen LogP contribution in [-0.2, 0) is 37.8 Å². The predicted molar refractivity (Wildman–Crippen MR) is 200 cm³/mol. The van der Waals surface area contributed by atoms with Crippen LogP contribution in [0.5, 0.6) is 0 Å². The number of hydrogen-bond donors (Lipinski definition) is 8. The maximum atomic E-state index is 14.8. The average molecular weight is 822 g/mol. The maximum absolute atomic E-state index is 14.8. The average Bonchev–Trinajstić information content (AvgIpc) is 3.13. The van der Waals surface area contributed by atoms with Gasteiger partial charge in [0.1, 0.15) is 24.4 Å². The monoisotopic (exact) mass is 821 g/mol. The third kappa shape index (κ3) is 6.12. The van der Waals surface area contributed by atoms with Crippen LogP contribution in [0.1, 0.15) is 106 Å². The summed E-state index contributed by atoms with van der Waals surface area (Å²) < 4.78 is 22.6. The van der Waals surface area contributed by atoms with Gasteiger partial charge in [-0.2, -0.15) is 0 Å². The van der Waals surface area contributed by atoms with Gasteiger partial charge in [-0.25, -0.2) is 9.59 Å². The van der Waals surface area contributed by atoms with E-state index >= 15 is 0 Å². The van der Waals surface area contributed by atoms with Gasteiger partial charge in [0.2, 0.25) is 6.10 Å². The summed E-state index contributed by atoms with van der Waals surface area (Å²) in [5, 5.41) is 83.0. The third-order valence-electron chi connectivity index (χ3n) is 17.1. The van der Waals surface area contributed by atoms with Gasteiger partial charge in [0, 0.05) is 17.8 Å². The number of allylic oxidation sites excluding steroid dienone is 2. The van der Waals surface area contributed by atoms with Gasteiger partial charge in [-0.1, -0.05) is 47.1 Å². The first-order valence-corrected chi connectivity index (χ1v) is 20.6. The molecule has 0 spiro atoms. The zero-order chi connectivity index (χ0) is 42.9. The van der Waals surface area contributed by atoms with Crippen LogP contribution in [0, 0.1) is 50.2 Å². The summed E-state index contributed by atoms with van der Waals surface area (Å²) in [6.07, 6.45) is -10.8. The molecule has 0 bridgehead atoms. The van der Waals surface area contributed by atoms with Crippen LogP contribution in [0.2, 0.25) is 0 Å². The van der Waals surface area contributed by atoms with E-state index < -0.39 is 107 Å². The molecule has 0 aromatic heterocycles. The van der Waals surface area contributed by atoms with Gasteiger partial charge in [-0.15, -0.1) is 0 Å². The smallest absolute Gasteiger partial charge is 0.481 e. The van der Waals surface area contributed by atoms with Gasteiger partial charge in [0.05, 0.1) is 5.41 Å². The summed E-state index contributed by atoms with van der Waals surface area (Å²) in [6, 6.07) is 0. The van der Waals surface area contributed by atoms with Gasteiger partial charge < -0.3 is 59.5 Å². The van der Waals surface area contributed by atoms with Gasteiger partial charge >= 0.3 is 30.0 Å². The molecule has 18 atom stereocenters. The number of aliphatic hydroxyl groups is 5. The molecule has 9 unspecified atom stereocenters. The Morgan fingerprint density at radius 2 is 1.45 bits per heavy atom. The topological polar surface area (TPSA) is 269 Å². The van der Waals surface area contributed by atoms with Crippen molar-refractivity contribution in [2.75, 3.05) is 0 Å². The molecule has 2 aliphatic heterocycles. The van der Waals surface area contributed by atoms with E-state index in [9.17, 15) is 60.0 Å². The highest BCUT2D eigenvalue weighted by Crippen LogP contribution is 2.75. The molecule has 2 heterocycles. The van der Waals surface area contributed by atoms with Gasteiger partial charge in [0.15, 0.2) is 30.4 Å². The lowest BCUT2D eigenvalue weighted by atomic mass is 9.33. The first kappa shape index (κ1) is 43.1. The van der Waals surface area contributed by atoms with E-state index in [2.05, 4.69) is 27.7 Å². The molecule has 0 radical (unpaired) electrons. The molecule has 5 aliphatic carbocycles. The van der Waals surface area contributed by atoms with E-state index in [1.165, 1.54) is 0 Å². The van der Waals surface area contributed by atoms with Crippen molar-refractivity contribution in [3.05, 3.63) is 11.6 Å². The summed E-state index contributed by atoms with van der Waals surface area (Å²) in [7, 11) is 0. The predicted octanol–water partition coefficient (Wildman–Crippen LogP) is 1.97. The van der Waals surface area contributed by atoms with Crippen LogP contribution < -0.4 is 0 Å². The standard InChI is InChI=1S/C42H60O16/c1-37(2)21-8-11-42(7)31(20(43)16-18-19-17-39(4,36(53)54)13-12-38(19,3)14-15-41(18,42)6)40(21,5)10-9-22(37)55-34-27(48)25(46)28(30(58-34)33(51)52)56-35-26(47)23(44)24(45)29(57-35)32(49)50/h16,19,21-31,35,44-48H,8-15,17H2,1-7H3,(H2-,49,50,51,52,53,54)/p+1/t19?,21?,22?,23-,24+,25+,26-,27-,28+,29+,30+,31?,35-,38?,39?,40?,41?,42?/m1/s1. The maximum Gasteiger partial charge on any atom is 0.519 e. The van der Waals surface area contributed by atoms with Crippen LogP contribution in [0.3, 0.4) is 0 Å². The normalized spacial score (nSPS) is 51.1. The summed E-state index contributed by atoms with van der Waals surface area (Å²) in [5.41, 5.74) is -1.68. The summed E-state index contributed by atoms with van der Waals surface area (Å²) in [6.45, 7) is 14.9. The van der Waals surface area contributed by atoms with Crippen molar-refractivity contribution < 1.29 is 78.7 Å². The van der Waals surface area contributed by atoms with Crippen LogP contribution in [0.25, 0.3) is 0 Å². The molecule has 5 fully saturated rings. The zero-order valence-electron chi connectivity index (χ0n) is 34.3. The SMILES string of the molecule is CC1(C(=O)O)CCC2(C)CCC3(C)C(=CC(=O)C4C5(C)CCC(OC6=[O+][C@H](C(=O)O)[C@@H](O[C@@H]7O[C@H](C(=O)O)[C@@H](O)[C@@H](O)[C@H]7O)[C@@H](O)[C@H]6O)C(C)(C)C5CCC43C)C2C1. The Morgan fingerprint density at radius 3 is 2.07 bits per heavy atom. The molecule has 0 aromatic carbocycles. The van der Waals surface area contributed by atoms with Gasteiger partial charge in [-0.05, 0) is 97.9 Å². The lowest BCUT2D eigenvalue weighted by Crippen LogP contribution is -2.67. The first-order valence-electron chi connectivity index (χ1n) is 20.6. The summed E-state index contributed by atoms with van der Waals surface area (Å²) in [5.74, 6) is -5.04. The minimum Gasteiger partial charge on any atom is -0.481 e. The molecule has 7 rings (SSSR count). The fourth-order valence-corrected chi connectivity index (χ4v) is 13.2. The van der Waals surface area contributed by atoms with Crippen LogP contribution in [0.4, 0.5) is 0 Å². The molecule has 16 nitrogen and oxygen atoms in total. The van der Waals surface area contributed by atoms with Crippen molar-refractivity contribution in [2.24, 2.45) is 50.2 Å². The molecule has 0 amide bonds. The van der Waals surface area contributed by atoms with Crippen molar-refractivity contribution in [3.63, 3.8) is 0 Å². The van der Waals surface area contributed by atoms with E-state index in [0.29, 0.717) is 25.7 Å². The van der Waals surface area contributed by atoms with Crippen molar-refractivity contribution in [1.82, 2.24) is 0 Å². The third-order valence-corrected chi connectivity index (χ3v) is 17.1. The number of ketones is 1. The highest BCUT2D eigenvalue weighted by Gasteiger charge is 2.71. The Bertz CT molecular complexity index is 1790.